The summed E-state index contributed by atoms with van der Waals surface area (Å²) in [4.78, 5) is 16.4. The number of pyridine rings is 1. The van der Waals surface area contributed by atoms with E-state index in [0.29, 0.717) is 0 Å². The maximum absolute atomic E-state index is 11.7. The average molecular weight is 831 g/mol. The number of aromatic nitrogens is 1. The van der Waals surface area contributed by atoms with E-state index in [0.717, 1.165) is 59.1 Å². The van der Waals surface area contributed by atoms with Crippen molar-refractivity contribution in [1.29, 1.82) is 0 Å². The van der Waals surface area contributed by atoms with Gasteiger partial charge in [-0.15, -0.1) is 35.4 Å². The third-order valence-corrected chi connectivity index (χ3v) is 9.50. The normalized spacial score (nSPS) is 12.0. The third kappa shape index (κ3) is 8.40. The fraction of sp³-hybridized carbons (Fsp3) is 0.318. The van der Waals surface area contributed by atoms with Gasteiger partial charge in [0.1, 0.15) is 11.2 Å². The molecule has 1 N–H and O–H groups in total. The molecule has 0 aliphatic carbocycles. The monoisotopic (exact) mass is 831 g/mol. The van der Waals surface area contributed by atoms with Gasteiger partial charge in [0, 0.05) is 55.0 Å². The first-order valence-electron chi connectivity index (χ1n) is 17.4. The molecule has 257 valence electrons. The predicted octanol–water partition coefficient (Wildman–Crippen LogP) is 12.4. The van der Waals surface area contributed by atoms with Crippen LogP contribution in [0.3, 0.4) is 0 Å². The SMILES string of the molecule is CC(C)(C)c1ccnc(-c2[c-]ccc(-c3cccc4c3ccc3oc5ccccc5c34)c2)c1.CCC(CC)C(=O)/C=C(\O)C(CC)CC.[Ir]. The van der Waals surface area contributed by atoms with Crippen molar-refractivity contribution in [1.82, 2.24) is 4.98 Å². The zero-order valence-corrected chi connectivity index (χ0v) is 32.2. The van der Waals surface area contributed by atoms with Crippen LogP contribution in [0.1, 0.15) is 79.7 Å². The summed E-state index contributed by atoms with van der Waals surface area (Å²) in [6.07, 6.45) is 6.80. The van der Waals surface area contributed by atoms with Crippen LogP contribution < -0.4 is 0 Å². The van der Waals surface area contributed by atoms with Crippen LogP contribution in [-0.2, 0) is 30.3 Å². The number of furan rings is 1. The number of hydrogen-bond donors (Lipinski definition) is 1. The molecule has 2 heterocycles. The van der Waals surface area contributed by atoms with Gasteiger partial charge < -0.3 is 14.5 Å². The molecule has 5 heteroatoms. The number of aliphatic hydroxyl groups is 1. The number of benzene rings is 4. The quantitative estimate of drug-likeness (QED) is 0.0895. The van der Waals surface area contributed by atoms with E-state index in [4.69, 9.17) is 4.42 Å². The Morgan fingerprint density at radius 1 is 0.816 bits per heavy atom. The minimum absolute atomic E-state index is 0. The third-order valence-electron chi connectivity index (χ3n) is 9.50. The summed E-state index contributed by atoms with van der Waals surface area (Å²) in [5.74, 6) is 0.547. The maximum Gasteiger partial charge on any atom is 0.162 e. The van der Waals surface area contributed by atoms with E-state index in [9.17, 15) is 9.90 Å². The van der Waals surface area contributed by atoms with Crippen molar-refractivity contribution in [2.75, 3.05) is 0 Å². The molecule has 0 fully saturated rings. The van der Waals surface area contributed by atoms with E-state index in [2.05, 4.69) is 98.6 Å². The molecule has 0 amide bonds. The molecule has 0 aliphatic heterocycles. The number of hydrogen-bond acceptors (Lipinski definition) is 4. The van der Waals surface area contributed by atoms with Gasteiger partial charge in [-0.05, 0) is 76.9 Å². The number of carbonyl (C=O) groups excluding carboxylic acids is 1. The molecule has 49 heavy (non-hydrogen) atoms. The Kier molecular flexibility index (Phi) is 12.8. The van der Waals surface area contributed by atoms with Crippen molar-refractivity contribution in [3.05, 3.63) is 115 Å². The van der Waals surface area contributed by atoms with Gasteiger partial charge in [-0.25, -0.2) is 0 Å². The Morgan fingerprint density at radius 2 is 1.51 bits per heavy atom. The number of nitrogens with zero attached hydrogens (tertiary/aromatic N) is 1. The summed E-state index contributed by atoms with van der Waals surface area (Å²) in [6, 6.07) is 33.0. The summed E-state index contributed by atoms with van der Waals surface area (Å²) in [6.45, 7) is 14.7. The molecule has 0 saturated carbocycles. The largest absolute Gasteiger partial charge is 0.512 e. The average Bonchev–Trinajstić information content (AvgIpc) is 3.48. The second kappa shape index (κ2) is 16.6. The van der Waals surface area contributed by atoms with Crippen molar-refractivity contribution in [2.24, 2.45) is 11.8 Å². The summed E-state index contributed by atoms with van der Waals surface area (Å²) in [5.41, 5.74) is 7.50. The Bertz CT molecular complexity index is 2060. The molecule has 0 unspecified atom stereocenters. The van der Waals surface area contributed by atoms with Crippen molar-refractivity contribution in [3.8, 4) is 22.4 Å². The number of rotatable bonds is 9. The topological polar surface area (TPSA) is 63.3 Å². The van der Waals surface area contributed by atoms with E-state index in [-0.39, 0.29) is 48.9 Å². The van der Waals surface area contributed by atoms with Crippen LogP contribution in [0.15, 0.2) is 107 Å². The van der Waals surface area contributed by atoms with Gasteiger partial charge in [0.15, 0.2) is 5.78 Å². The molecule has 0 saturated heterocycles. The molecule has 0 atom stereocenters. The number of aliphatic hydroxyl groups excluding tert-OH is 1. The van der Waals surface area contributed by atoms with Crippen LogP contribution in [0, 0.1) is 17.9 Å². The number of ketones is 1. The minimum Gasteiger partial charge on any atom is -0.512 e. The summed E-state index contributed by atoms with van der Waals surface area (Å²) < 4.78 is 6.11. The first-order valence-corrected chi connectivity index (χ1v) is 17.4. The van der Waals surface area contributed by atoms with E-state index >= 15 is 0 Å². The van der Waals surface area contributed by atoms with Crippen LogP contribution in [0.25, 0.3) is 55.1 Å². The maximum atomic E-state index is 11.7. The molecule has 1 radical (unpaired) electrons. The van der Waals surface area contributed by atoms with E-state index in [1.165, 1.54) is 33.4 Å². The molecule has 6 aromatic rings. The number of para-hydroxylation sites is 1. The van der Waals surface area contributed by atoms with Crippen LogP contribution in [0.4, 0.5) is 0 Å². The predicted molar refractivity (Wildman–Crippen MR) is 201 cm³/mol. The number of allylic oxidation sites excluding steroid dienone is 2. The summed E-state index contributed by atoms with van der Waals surface area (Å²) >= 11 is 0. The van der Waals surface area contributed by atoms with Crippen molar-refractivity contribution in [2.45, 2.75) is 79.6 Å². The van der Waals surface area contributed by atoms with E-state index in [1.54, 1.807) is 0 Å². The van der Waals surface area contributed by atoms with Gasteiger partial charge in [-0.1, -0.05) is 97.0 Å². The van der Waals surface area contributed by atoms with Gasteiger partial charge in [0.2, 0.25) is 0 Å². The van der Waals surface area contributed by atoms with Crippen LogP contribution in [0.2, 0.25) is 0 Å². The Hall–Kier alpha value is -4.05. The molecular weight excluding hydrogens is 783 g/mol. The zero-order valence-electron chi connectivity index (χ0n) is 29.8. The van der Waals surface area contributed by atoms with Crippen molar-refractivity contribution < 1.29 is 34.4 Å². The molecule has 2 aromatic heterocycles. The smallest absolute Gasteiger partial charge is 0.162 e. The molecule has 0 aliphatic rings. The van der Waals surface area contributed by atoms with Gasteiger partial charge in [-0.2, -0.15) is 0 Å². The fourth-order valence-corrected chi connectivity index (χ4v) is 6.44. The molecule has 0 spiro atoms. The fourth-order valence-electron chi connectivity index (χ4n) is 6.44. The number of carbonyl (C=O) groups is 1. The Morgan fingerprint density at radius 3 is 2.20 bits per heavy atom. The first kappa shape index (κ1) is 37.8. The van der Waals surface area contributed by atoms with Crippen LogP contribution >= 0.6 is 0 Å². The van der Waals surface area contributed by atoms with Gasteiger partial charge >= 0.3 is 0 Å². The molecular formula is C44H48IrNO3-. The first-order chi connectivity index (χ1) is 23.1. The Balaban J connectivity index is 0.000000290. The summed E-state index contributed by atoms with van der Waals surface area (Å²) in [5, 5.41) is 14.5. The molecule has 4 aromatic carbocycles. The van der Waals surface area contributed by atoms with Gasteiger partial charge in [0.05, 0.1) is 5.76 Å². The second-order valence-corrected chi connectivity index (χ2v) is 13.6. The van der Waals surface area contributed by atoms with Gasteiger partial charge in [0.25, 0.3) is 0 Å². The van der Waals surface area contributed by atoms with E-state index in [1.807, 2.05) is 52.1 Å². The van der Waals surface area contributed by atoms with E-state index < -0.39 is 0 Å². The van der Waals surface area contributed by atoms with Gasteiger partial charge in [-0.3, -0.25) is 4.79 Å². The van der Waals surface area contributed by atoms with Crippen LogP contribution in [0.5, 0.6) is 0 Å². The molecule has 4 nitrogen and oxygen atoms in total. The number of fused-ring (bicyclic) bond motifs is 5. The van der Waals surface area contributed by atoms with Crippen molar-refractivity contribution >= 4 is 38.5 Å². The second-order valence-electron chi connectivity index (χ2n) is 13.6. The summed E-state index contributed by atoms with van der Waals surface area (Å²) in [7, 11) is 0. The molecule has 6 rings (SSSR count). The van der Waals surface area contributed by atoms with Crippen LogP contribution in [-0.4, -0.2) is 15.9 Å². The standard InChI is InChI=1S/C31H24NO.C13H24O2.Ir/c1-31(2,3)22-16-17-32-27(19-22)21-9-6-8-20(18-21)23-11-7-12-25-24(23)14-15-29-30(25)26-10-4-5-13-28(26)33-29;1-5-10(6-2)12(14)9-13(15)11(7-3)8-4;/h4-8,10-19H,1-3H3;9-11,14H,5-8H2,1-4H3;/q-1;;/b;12-9-;. The zero-order chi connectivity index (χ0) is 34.4. The van der Waals surface area contributed by atoms with Crippen molar-refractivity contribution in [3.63, 3.8) is 0 Å². The minimum atomic E-state index is 0. The molecule has 0 bridgehead atoms. The Labute approximate surface area is 305 Å².